The second kappa shape index (κ2) is 9.48. The first-order valence-corrected chi connectivity index (χ1v) is 10.4. The van der Waals surface area contributed by atoms with Crippen molar-refractivity contribution in [1.29, 1.82) is 0 Å². The number of halogens is 1. The zero-order chi connectivity index (χ0) is 23.5. The van der Waals surface area contributed by atoms with Gasteiger partial charge in [-0.05, 0) is 36.2 Å². The molecule has 0 saturated carbocycles. The molecule has 1 atom stereocenters. The molecule has 3 aromatic rings. The van der Waals surface area contributed by atoms with Crippen molar-refractivity contribution in [3.05, 3.63) is 64.7 Å². The molecule has 0 spiro atoms. The van der Waals surface area contributed by atoms with E-state index in [-0.39, 0.29) is 16.6 Å². The number of nitrogens with two attached hydrogens (primary N) is 1. The molecule has 1 amide bonds. The summed E-state index contributed by atoms with van der Waals surface area (Å²) in [5, 5.41) is 4.91. The third kappa shape index (κ3) is 5.50. The number of carbonyl (C=O) groups is 1. The van der Waals surface area contributed by atoms with Gasteiger partial charge in [-0.3, -0.25) is 4.68 Å². The fourth-order valence-corrected chi connectivity index (χ4v) is 3.24. The van der Waals surface area contributed by atoms with Crippen LogP contribution in [0, 0.1) is 0 Å². The van der Waals surface area contributed by atoms with E-state index in [0.29, 0.717) is 23.8 Å². The molecule has 9 heteroatoms. The van der Waals surface area contributed by atoms with Crippen LogP contribution >= 0.6 is 11.6 Å². The lowest BCUT2D eigenvalue weighted by atomic mass is 9.92. The van der Waals surface area contributed by atoms with Gasteiger partial charge in [-0.15, -0.1) is 0 Å². The smallest absolute Gasteiger partial charge is 0.410 e. The van der Waals surface area contributed by atoms with Gasteiger partial charge in [0.15, 0.2) is 16.7 Å². The standard InChI is InChI=1S/C23H27ClN4O4/c1-14(28-12-19(32-22(25)29)20(27-28)23(2,3)4)16-10-18(21(24)26-11-16)31-13-15-6-8-17(30-5)9-7-15/h6-12,14H,13H2,1-5H3,(H2,25,29). The number of pyridine rings is 1. The number of aromatic nitrogens is 3. The summed E-state index contributed by atoms with van der Waals surface area (Å²) in [6.45, 7) is 8.22. The highest BCUT2D eigenvalue weighted by molar-refractivity contribution is 6.30. The topological polar surface area (TPSA) is 101 Å². The van der Waals surface area contributed by atoms with Crippen molar-refractivity contribution < 1.29 is 19.0 Å². The van der Waals surface area contributed by atoms with E-state index in [4.69, 9.17) is 31.5 Å². The molecular formula is C23H27ClN4O4. The molecule has 2 heterocycles. The Morgan fingerprint density at radius 3 is 2.50 bits per heavy atom. The van der Waals surface area contributed by atoms with Gasteiger partial charge in [0.25, 0.3) is 0 Å². The molecule has 2 aromatic heterocycles. The minimum Gasteiger partial charge on any atom is -0.497 e. The van der Waals surface area contributed by atoms with E-state index in [9.17, 15) is 4.79 Å². The third-order valence-electron chi connectivity index (χ3n) is 4.88. The summed E-state index contributed by atoms with van der Waals surface area (Å²) in [7, 11) is 1.62. The van der Waals surface area contributed by atoms with Gasteiger partial charge in [-0.1, -0.05) is 44.5 Å². The van der Waals surface area contributed by atoms with Gasteiger partial charge in [-0.2, -0.15) is 5.10 Å². The van der Waals surface area contributed by atoms with E-state index in [1.165, 1.54) is 0 Å². The summed E-state index contributed by atoms with van der Waals surface area (Å²) >= 11 is 6.26. The normalized spacial score (nSPS) is 12.3. The fraction of sp³-hybridized carbons (Fsp3) is 0.348. The number of primary amides is 1. The SMILES string of the molecule is COc1ccc(COc2cc(C(C)n3cc(OC(N)=O)c(C(C)(C)C)n3)cnc2Cl)cc1. The Labute approximate surface area is 192 Å². The Morgan fingerprint density at radius 1 is 1.22 bits per heavy atom. The van der Waals surface area contributed by atoms with Gasteiger partial charge in [0.05, 0.1) is 19.3 Å². The van der Waals surface area contributed by atoms with Crippen LogP contribution in [0.3, 0.4) is 0 Å². The molecule has 0 fully saturated rings. The van der Waals surface area contributed by atoms with Crippen molar-refractivity contribution in [1.82, 2.24) is 14.8 Å². The van der Waals surface area contributed by atoms with Crippen LogP contribution in [-0.4, -0.2) is 28.0 Å². The zero-order valence-electron chi connectivity index (χ0n) is 18.8. The van der Waals surface area contributed by atoms with Crippen molar-refractivity contribution in [3.63, 3.8) is 0 Å². The van der Waals surface area contributed by atoms with Crippen molar-refractivity contribution >= 4 is 17.7 Å². The van der Waals surface area contributed by atoms with Crippen LogP contribution in [0.25, 0.3) is 0 Å². The van der Waals surface area contributed by atoms with Crippen LogP contribution in [0.1, 0.15) is 50.6 Å². The molecule has 2 N–H and O–H groups in total. The van der Waals surface area contributed by atoms with Crippen molar-refractivity contribution in [2.45, 2.75) is 45.8 Å². The highest BCUT2D eigenvalue weighted by Gasteiger charge is 2.26. The number of hydrogen-bond donors (Lipinski definition) is 1. The van der Waals surface area contributed by atoms with Crippen LogP contribution in [-0.2, 0) is 12.0 Å². The van der Waals surface area contributed by atoms with Gasteiger partial charge < -0.3 is 19.9 Å². The average molecular weight is 459 g/mol. The number of benzene rings is 1. The maximum absolute atomic E-state index is 11.3. The number of methoxy groups -OCH3 is 1. The molecule has 170 valence electrons. The highest BCUT2D eigenvalue weighted by Crippen LogP contribution is 2.33. The van der Waals surface area contributed by atoms with Crippen molar-refractivity contribution in [2.24, 2.45) is 5.73 Å². The molecule has 0 aliphatic carbocycles. The van der Waals surface area contributed by atoms with Crippen molar-refractivity contribution in [3.8, 4) is 17.2 Å². The van der Waals surface area contributed by atoms with Crippen LogP contribution in [0.2, 0.25) is 5.15 Å². The number of amides is 1. The molecule has 0 radical (unpaired) electrons. The second-order valence-corrected chi connectivity index (χ2v) is 8.72. The van der Waals surface area contributed by atoms with Gasteiger partial charge in [0.2, 0.25) is 0 Å². The quantitative estimate of drug-likeness (QED) is 0.506. The molecule has 8 nitrogen and oxygen atoms in total. The number of ether oxygens (including phenoxy) is 3. The largest absolute Gasteiger partial charge is 0.497 e. The lowest BCUT2D eigenvalue weighted by Gasteiger charge is -2.17. The minimum absolute atomic E-state index is 0.227. The summed E-state index contributed by atoms with van der Waals surface area (Å²) in [4.78, 5) is 15.6. The van der Waals surface area contributed by atoms with E-state index in [0.717, 1.165) is 16.9 Å². The molecule has 1 unspecified atom stereocenters. The summed E-state index contributed by atoms with van der Waals surface area (Å²) in [6.07, 6.45) is 2.44. The maximum Gasteiger partial charge on any atom is 0.410 e. The lowest BCUT2D eigenvalue weighted by molar-refractivity contribution is 0.210. The molecule has 3 rings (SSSR count). The summed E-state index contributed by atoms with van der Waals surface area (Å²) in [5.41, 5.74) is 7.29. The maximum atomic E-state index is 11.3. The Kier molecular flexibility index (Phi) is 6.93. The first-order valence-electron chi connectivity index (χ1n) is 10.1. The lowest BCUT2D eigenvalue weighted by Crippen LogP contribution is -2.20. The fourth-order valence-electron chi connectivity index (χ4n) is 3.08. The summed E-state index contributed by atoms with van der Waals surface area (Å²) in [6, 6.07) is 9.18. The van der Waals surface area contributed by atoms with Gasteiger partial charge in [-0.25, -0.2) is 9.78 Å². The molecule has 0 saturated heterocycles. The Balaban J connectivity index is 1.83. The summed E-state index contributed by atoms with van der Waals surface area (Å²) < 4.78 is 18.0. The molecular weight excluding hydrogens is 432 g/mol. The van der Waals surface area contributed by atoms with E-state index in [2.05, 4.69) is 10.1 Å². The van der Waals surface area contributed by atoms with E-state index >= 15 is 0 Å². The Bertz CT molecular complexity index is 1090. The van der Waals surface area contributed by atoms with Gasteiger partial charge in [0.1, 0.15) is 18.1 Å². The summed E-state index contributed by atoms with van der Waals surface area (Å²) in [5.74, 6) is 1.57. The zero-order valence-corrected chi connectivity index (χ0v) is 19.5. The molecule has 0 aliphatic rings. The Morgan fingerprint density at radius 2 is 1.91 bits per heavy atom. The predicted octanol–water partition coefficient (Wildman–Crippen LogP) is 4.88. The first-order chi connectivity index (χ1) is 15.1. The Hall–Kier alpha value is -3.26. The van der Waals surface area contributed by atoms with Crippen LogP contribution in [0.5, 0.6) is 17.2 Å². The number of hydrogen-bond acceptors (Lipinski definition) is 6. The van der Waals surface area contributed by atoms with E-state index < -0.39 is 6.09 Å². The monoisotopic (exact) mass is 458 g/mol. The van der Waals surface area contributed by atoms with Gasteiger partial charge >= 0.3 is 6.09 Å². The number of carbonyl (C=O) groups excluding carboxylic acids is 1. The van der Waals surface area contributed by atoms with Crippen LogP contribution in [0.15, 0.2) is 42.7 Å². The van der Waals surface area contributed by atoms with Crippen molar-refractivity contribution in [2.75, 3.05) is 7.11 Å². The first kappa shape index (κ1) is 23.4. The third-order valence-corrected chi connectivity index (χ3v) is 5.16. The number of nitrogens with zero attached hydrogens (tertiary/aromatic N) is 3. The van der Waals surface area contributed by atoms with E-state index in [1.807, 2.05) is 58.0 Å². The highest BCUT2D eigenvalue weighted by atomic mass is 35.5. The number of rotatable bonds is 7. The molecule has 0 bridgehead atoms. The predicted molar refractivity (Wildman–Crippen MR) is 122 cm³/mol. The van der Waals surface area contributed by atoms with Crippen LogP contribution in [0.4, 0.5) is 4.79 Å². The molecule has 1 aromatic carbocycles. The van der Waals surface area contributed by atoms with Gasteiger partial charge in [0, 0.05) is 11.6 Å². The van der Waals surface area contributed by atoms with E-state index in [1.54, 1.807) is 24.2 Å². The van der Waals surface area contributed by atoms with Crippen LogP contribution < -0.4 is 19.9 Å². The molecule has 32 heavy (non-hydrogen) atoms. The minimum atomic E-state index is -0.884. The molecule has 0 aliphatic heterocycles. The average Bonchev–Trinajstić information content (AvgIpc) is 3.16. The second-order valence-electron chi connectivity index (χ2n) is 8.36.